The molecule has 2 unspecified atom stereocenters. The third-order valence-electron chi connectivity index (χ3n) is 4.93. The van der Waals surface area contributed by atoms with Crippen molar-refractivity contribution in [2.75, 3.05) is 0 Å². The highest BCUT2D eigenvalue weighted by Crippen LogP contribution is 2.41. The van der Waals surface area contributed by atoms with Crippen molar-refractivity contribution in [2.45, 2.75) is 54.3 Å². The van der Waals surface area contributed by atoms with E-state index in [4.69, 9.17) is 0 Å². The summed E-state index contributed by atoms with van der Waals surface area (Å²) >= 11 is 1.78. The van der Waals surface area contributed by atoms with Gasteiger partial charge < -0.3 is 5.32 Å². The van der Waals surface area contributed by atoms with E-state index in [1.165, 1.54) is 31.2 Å². The molecule has 0 saturated heterocycles. The molecule has 3 nitrogen and oxygen atoms in total. The molecule has 24 heavy (non-hydrogen) atoms. The molecule has 2 aliphatic carbocycles. The van der Waals surface area contributed by atoms with Crippen LogP contribution in [-0.2, 0) is 0 Å². The van der Waals surface area contributed by atoms with Crippen molar-refractivity contribution in [1.29, 1.82) is 0 Å². The molecule has 2 aromatic rings. The lowest BCUT2D eigenvalue weighted by Gasteiger charge is -2.12. The Hall–Kier alpha value is -1.81. The first kappa shape index (κ1) is 15.7. The fraction of sp³-hybridized carbons (Fsp3) is 0.400. The number of hydrogen-bond donors (Lipinski definition) is 1. The summed E-state index contributed by atoms with van der Waals surface area (Å²) < 4.78 is 0. The molecule has 4 heteroatoms. The van der Waals surface area contributed by atoms with Gasteiger partial charge >= 0.3 is 0 Å². The van der Waals surface area contributed by atoms with E-state index in [9.17, 15) is 4.79 Å². The first-order valence-corrected chi connectivity index (χ1v) is 9.67. The van der Waals surface area contributed by atoms with Crippen molar-refractivity contribution >= 4 is 17.7 Å². The quantitative estimate of drug-likeness (QED) is 0.878. The minimum Gasteiger partial charge on any atom is -0.349 e. The van der Waals surface area contributed by atoms with Crippen LogP contribution in [0.3, 0.4) is 0 Å². The molecule has 2 aliphatic rings. The third-order valence-corrected chi connectivity index (χ3v) is 6.28. The van der Waals surface area contributed by atoms with Crippen molar-refractivity contribution in [3.63, 3.8) is 0 Å². The molecule has 124 valence electrons. The summed E-state index contributed by atoms with van der Waals surface area (Å²) in [5.74, 6) is 0.477. The zero-order chi connectivity index (χ0) is 16.4. The van der Waals surface area contributed by atoms with Gasteiger partial charge in [-0.3, -0.25) is 4.79 Å². The number of benzene rings is 1. The van der Waals surface area contributed by atoms with Crippen LogP contribution in [-0.4, -0.2) is 22.2 Å². The van der Waals surface area contributed by atoms with Crippen molar-refractivity contribution < 1.29 is 4.79 Å². The summed E-state index contributed by atoms with van der Waals surface area (Å²) in [4.78, 5) is 17.2. The predicted octanol–water partition coefficient (Wildman–Crippen LogP) is 4.40. The molecule has 0 bridgehead atoms. The Kier molecular flexibility index (Phi) is 4.56. The van der Waals surface area contributed by atoms with E-state index in [2.05, 4.69) is 34.6 Å². The van der Waals surface area contributed by atoms with Crippen molar-refractivity contribution in [3.8, 4) is 0 Å². The highest BCUT2D eigenvalue weighted by atomic mass is 32.2. The van der Waals surface area contributed by atoms with Crippen LogP contribution in [0.15, 0.2) is 53.7 Å². The molecule has 1 heterocycles. The van der Waals surface area contributed by atoms with Gasteiger partial charge in [0.1, 0.15) is 5.03 Å². The Morgan fingerprint density at radius 1 is 1.08 bits per heavy atom. The Bertz CT molecular complexity index is 713. The Labute approximate surface area is 147 Å². The van der Waals surface area contributed by atoms with Crippen molar-refractivity contribution in [1.82, 2.24) is 10.3 Å². The lowest BCUT2D eigenvalue weighted by molar-refractivity contribution is 0.0946. The summed E-state index contributed by atoms with van der Waals surface area (Å²) in [6.45, 7) is 0. The fourth-order valence-electron chi connectivity index (χ4n) is 3.49. The van der Waals surface area contributed by atoms with E-state index in [-0.39, 0.29) is 11.9 Å². The number of thioether (sulfide) groups is 1. The standard InChI is InChI=1S/C20H22N2OS/c23-19(22-18-13-17(18)14-7-2-1-3-8-14)16-11-6-12-21-20(16)24-15-9-4-5-10-15/h1-3,6-8,11-12,15,17-18H,4-5,9-10,13H2,(H,22,23). The van der Waals surface area contributed by atoms with Crippen molar-refractivity contribution in [2.24, 2.45) is 0 Å². The summed E-state index contributed by atoms with van der Waals surface area (Å²) in [7, 11) is 0. The van der Waals surface area contributed by atoms with E-state index in [0.717, 1.165) is 17.0 Å². The first-order chi connectivity index (χ1) is 11.8. The van der Waals surface area contributed by atoms with E-state index < -0.39 is 0 Å². The molecule has 2 fully saturated rings. The molecule has 0 radical (unpaired) electrons. The van der Waals surface area contributed by atoms with Crippen LogP contribution in [0.25, 0.3) is 0 Å². The zero-order valence-electron chi connectivity index (χ0n) is 13.7. The van der Waals surface area contributed by atoms with E-state index in [1.54, 1.807) is 18.0 Å². The van der Waals surface area contributed by atoms with Gasteiger partial charge in [0.2, 0.25) is 0 Å². The van der Waals surface area contributed by atoms with Crippen LogP contribution in [0.4, 0.5) is 0 Å². The smallest absolute Gasteiger partial charge is 0.254 e. The van der Waals surface area contributed by atoms with Gasteiger partial charge in [-0.15, -0.1) is 11.8 Å². The second-order valence-electron chi connectivity index (χ2n) is 6.71. The monoisotopic (exact) mass is 338 g/mol. The van der Waals surface area contributed by atoms with Gasteiger partial charge in [0.25, 0.3) is 5.91 Å². The molecule has 1 N–H and O–H groups in total. The minimum atomic E-state index is 0.0204. The number of rotatable bonds is 5. The Morgan fingerprint density at radius 2 is 1.88 bits per heavy atom. The number of amides is 1. The number of carbonyl (C=O) groups excluding carboxylic acids is 1. The second kappa shape index (κ2) is 6.98. The van der Waals surface area contributed by atoms with Crippen LogP contribution in [0.2, 0.25) is 0 Å². The van der Waals surface area contributed by atoms with E-state index in [1.807, 2.05) is 18.2 Å². The molecule has 2 atom stereocenters. The average Bonchev–Trinajstić information content (AvgIpc) is 3.19. The van der Waals surface area contributed by atoms with Gasteiger partial charge in [-0.2, -0.15) is 0 Å². The summed E-state index contributed by atoms with van der Waals surface area (Å²) in [6, 6.07) is 14.4. The topological polar surface area (TPSA) is 42.0 Å². The Morgan fingerprint density at radius 3 is 2.67 bits per heavy atom. The molecule has 1 aromatic carbocycles. The second-order valence-corrected chi connectivity index (χ2v) is 8.00. The van der Waals surface area contributed by atoms with Crippen molar-refractivity contribution in [3.05, 3.63) is 59.8 Å². The van der Waals surface area contributed by atoms with Crippen LogP contribution in [0, 0.1) is 0 Å². The maximum Gasteiger partial charge on any atom is 0.254 e. The van der Waals surface area contributed by atoms with Gasteiger partial charge in [-0.25, -0.2) is 4.98 Å². The predicted molar refractivity (Wildman–Crippen MR) is 97.4 cm³/mol. The van der Waals surface area contributed by atoms with Crippen LogP contribution < -0.4 is 5.32 Å². The molecule has 1 amide bonds. The SMILES string of the molecule is O=C(NC1CC1c1ccccc1)c1cccnc1SC1CCCC1. The molecule has 1 aromatic heterocycles. The lowest BCUT2D eigenvalue weighted by Crippen LogP contribution is -2.27. The van der Waals surface area contributed by atoms with Gasteiger partial charge in [-0.05, 0) is 37.0 Å². The number of carbonyl (C=O) groups is 1. The van der Waals surface area contributed by atoms with Crippen LogP contribution in [0.5, 0.6) is 0 Å². The molecule has 0 spiro atoms. The first-order valence-electron chi connectivity index (χ1n) is 8.79. The van der Waals surface area contributed by atoms with E-state index in [0.29, 0.717) is 11.2 Å². The maximum atomic E-state index is 12.7. The van der Waals surface area contributed by atoms with Gasteiger partial charge in [0.15, 0.2) is 0 Å². The van der Waals surface area contributed by atoms with Crippen LogP contribution >= 0.6 is 11.8 Å². The van der Waals surface area contributed by atoms with E-state index >= 15 is 0 Å². The molecular formula is C20H22N2OS. The number of nitrogens with one attached hydrogen (secondary N) is 1. The molecule has 0 aliphatic heterocycles. The van der Waals surface area contributed by atoms with Gasteiger partial charge in [-0.1, -0.05) is 43.2 Å². The third kappa shape index (κ3) is 3.48. The van der Waals surface area contributed by atoms with Crippen LogP contribution in [0.1, 0.15) is 53.9 Å². The molecule has 4 rings (SSSR count). The normalized spacial score (nSPS) is 23.2. The fourth-order valence-corrected chi connectivity index (χ4v) is 4.79. The summed E-state index contributed by atoms with van der Waals surface area (Å²) in [6.07, 6.45) is 7.89. The lowest BCUT2D eigenvalue weighted by atomic mass is 10.1. The average molecular weight is 338 g/mol. The molecular weight excluding hydrogens is 316 g/mol. The number of aromatic nitrogens is 1. The largest absolute Gasteiger partial charge is 0.349 e. The van der Waals surface area contributed by atoms with Gasteiger partial charge in [0.05, 0.1) is 5.56 Å². The Balaban J connectivity index is 1.42. The number of hydrogen-bond acceptors (Lipinski definition) is 3. The highest BCUT2D eigenvalue weighted by Gasteiger charge is 2.39. The van der Waals surface area contributed by atoms with Gasteiger partial charge in [0, 0.05) is 23.4 Å². The summed E-state index contributed by atoms with van der Waals surface area (Å²) in [5.41, 5.74) is 2.04. The number of pyridine rings is 1. The number of nitrogens with zero attached hydrogens (tertiary/aromatic N) is 1. The zero-order valence-corrected chi connectivity index (χ0v) is 14.5. The summed E-state index contributed by atoms with van der Waals surface area (Å²) in [5, 5.41) is 4.69. The molecule has 2 saturated carbocycles. The minimum absolute atomic E-state index is 0.0204. The maximum absolute atomic E-state index is 12.7. The highest BCUT2D eigenvalue weighted by molar-refractivity contribution is 7.99.